The fourth-order valence-electron chi connectivity index (χ4n) is 1.71. The Bertz CT molecular complexity index is 538. The first-order valence-corrected chi connectivity index (χ1v) is 7.91. The van der Waals surface area contributed by atoms with Crippen molar-refractivity contribution in [3.8, 4) is 0 Å². The first-order valence-electron chi connectivity index (χ1n) is 6.04. The van der Waals surface area contributed by atoms with Gasteiger partial charge in [-0.2, -0.15) is 13.2 Å². The highest BCUT2D eigenvalue weighted by molar-refractivity contribution is 7.99. The van der Waals surface area contributed by atoms with E-state index in [0.29, 0.717) is 4.90 Å². The highest BCUT2D eigenvalue weighted by Crippen LogP contribution is 2.34. The third-order valence-corrected chi connectivity index (χ3v) is 4.81. The lowest BCUT2D eigenvalue weighted by atomic mass is 10.2. The van der Waals surface area contributed by atoms with Crippen LogP contribution in [0.4, 0.5) is 18.9 Å². The van der Waals surface area contributed by atoms with E-state index < -0.39 is 11.9 Å². The van der Waals surface area contributed by atoms with E-state index in [1.807, 2.05) is 36.6 Å². The fraction of sp³-hybridized carbons (Fsp3) is 0.286. The summed E-state index contributed by atoms with van der Waals surface area (Å²) in [6.07, 6.45) is -4.16. The van der Waals surface area contributed by atoms with Crippen molar-refractivity contribution < 1.29 is 13.2 Å². The van der Waals surface area contributed by atoms with Crippen LogP contribution in [-0.4, -0.2) is 11.9 Å². The summed E-state index contributed by atoms with van der Waals surface area (Å²) in [7, 11) is 0. The maximum Gasteiger partial charge on any atom is 0.398 e. The lowest BCUT2D eigenvalue weighted by molar-refractivity contribution is -0.105. The van der Waals surface area contributed by atoms with E-state index in [1.54, 1.807) is 23.5 Å². The van der Waals surface area contributed by atoms with Crippen LogP contribution in [0.2, 0.25) is 0 Å². The molecule has 0 aliphatic carbocycles. The van der Waals surface area contributed by atoms with Crippen molar-refractivity contribution in [1.29, 1.82) is 0 Å². The van der Waals surface area contributed by atoms with Crippen molar-refractivity contribution in [2.24, 2.45) is 0 Å². The second-order valence-corrected chi connectivity index (χ2v) is 6.28. The van der Waals surface area contributed by atoms with Gasteiger partial charge in [0.2, 0.25) is 0 Å². The highest BCUT2D eigenvalue weighted by Gasteiger charge is 2.27. The molecule has 0 radical (unpaired) electrons. The molecule has 0 bridgehead atoms. The van der Waals surface area contributed by atoms with Crippen LogP contribution in [0.5, 0.6) is 0 Å². The van der Waals surface area contributed by atoms with Gasteiger partial charge in [0.1, 0.15) is 0 Å². The predicted molar refractivity (Wildman–Crippen MR) is 79.6 cm³/mol. The third-order valence-electron chi connectivity index (χ3n) is 2.62. The lowest BCUT2D eigenvalue weighted by Crippen LogP contribution is -2.11. The minimum Gasteiger partial charge on any atom is -0.377 e. The van der Waals surface area contributed by atoms with E-state index in [2.05, 4.69) is 5.32 Å². The maximum atomic E-state index is 12.3. The minimum absolute atomic E-state index is 0.0719. The van der Waals surface area contributed by atoms with Crippen molar-refractivity contribution in [2.75, 3.05) is 11.1 Å². The number of anilines is 1. The molecule has 0 saturated heterocycles. The Balaban J connectivity index is 2.08. The number of para-hydroxylation sites is 1. The molecule has 0 amide bonds. The van der Waals surface area contributed by atoms with Crippen LogP contribution in [0.25, 0.3) is 0 Å². The SMILES string of the molecule is CC(Nc1ccccc1SCC(F)(F)F)c1cccs1. The number of benzene rings is 1. The molecule has 0 aliphatic rings. The number of alkyl halides is 3. The summed E-state index contributed by atoms with van der Waals surface area (Å²) in [5, 5.41) is 5.26. The minimum atomic E-state index is -4.16. The highest BCUT2D eigenvalue weighted by atomic mass is 32.2. The zero-order chi connectivity index (χ0) is 14.6. The van der Waals surface area contributed by atoms with Crippen LogP contribution in [-0.2, 0) is 0 Å². The smallest absolute Gasteiger partial charge is 0.377 e. The average molecular weight is 317 g/mol. The second-order valence-electron chi connectivity index (χ2n) is 4.28. The summed E-state index contributed by atoms with van der Waals surface area (Å²) in [6, 6.07) is 11.1. The molecule has 1 nitrogen and oxygen atoms in total. The van der Waals surface area contributed by atoms with Crippen molar-refractivity contribution in [1.82, 2.24) is 0 Å². The molecule has 6 heteroatoms. The van der Waals surface area contributed by atoms with Gasteiger partial charge < -0.3 is 5.32 Å². The Kier molecular flexibility index (Phi) is 4.99. The molecule has 2 aromatic rings. The van der Waals surface area contributed by atoms with Crippen LogP contribution in [0.3, 0.4) is 0 Å². The summed E-state index contributed by atoms with van der Waals surface area (Å²) in [5.74, 6) is -0.876. The van der Waals surface area contributed by atoms with Gasteiger partial charge in [0.25, 0.3) is 0 Å². The Morgan fingerprint density at radius 2 is 1.95 bits per heavy atom. The number of hydrogen-bond donors (Lipinski definition) is 1. The normalized spacial score (nSPS) is 13.2. The molecule has 20 heavy (non-hydrogen) atoms. The van der Waals surface area contributed by atoms with Gasteiger partial charge in [0.05, 0.1) is 11.8 Å². The third kappa shape index (κ3) is 4.45. The number of thiophene rings is 1. The van der Waals surface area contributed by atoms with Gasteiger partial charge in [-0.25, -0.2) is 0 Å². The Morgan fingerprint density at radius 3 is 2.60 bits per heavy atom. The monoisotopic (exact) mass is 317 g/mol. The number of nitrogens with one attached hydrogen (secondary N) is 1. The van der Waals surface area contributed by atoms with E-state index in [-0.39, 0.29) is 6.04 Å². The zero-order valence-electron chi connectivity index (χ0n) is 10.8. The van der Waals surface area contributed by atoms with Crippen LogP contribution >= 0.6 is 23.1 Å². The van der Waals surface area contributed by atoms with Crippen molar-refractivity contribution in [3.63, 3.8) is 0 Å². The molecule has 108 valence electrons. The summed E-state index contributed by atoms with van der Waals surface area (Å²) >= 11 is 2.43. The standard InChI is InChI=1S/C14H14F3NS2/c1-10(12-7-4-8-19-12)18-11-5-2-3-6-13(11)20-9-14(15,16)17/h2-8,10,18H,9H2,1H3. The largest absolute Gasteiger partial charge is 0.398 e. The number of hydrogen-bond acceptors (Lipinski definition) is 3. The Morgan fingerprint density at radius 1 is 1.20 bits per heavy atom. The van der Waals surface area contributed by atoms with E-state index in [1.165, 1.54) is 0 Å². The molecule has 1 unspecified atom stereocenters. The van der Waals surface area contributed by atoms with Gasteiger partial charge in [0, 0.05) is 15.5 Å². The molecule has 1 aromatic carbocycles. The fourth-order valence-corrected chi connectivity index (χ4v) is 3.22. The maximum absolute atomic E-state index is 12.3. The van der Waals surface area contributed by atoms with Crippen molar-refractivity contribution in [2.45, 2.75) is 24.0 Å². The zero-order valence-corrected chi connectivity index (χ0v) is 12.4. The Hall–Kier alpha value is -1.14. The molecule has 2 rings (SSSR count). The molecule has 1 N–H and O–H groups in total. The molecular formula is C14H14F3NS2. The van der Waals surface area contributed by atoms with E-state index in [9.17, 15) is 13.2 Å². The van der Waals surface area contributed by atoms with Crippen LogP contribution < -0.4 is 5.32 Å². The van der Waals surface area contributed by atoms with Gasteiger partial charge in [-0.05, 0) is 30.5 Å². The van der Waals surface area contributed by atoms with Gasteiger partial charge in [-0.15, -0.1) is 23.1 Å². The molecule has 0 spiro atoms. The molecular weight excluding hydrogens is 303 g/mol. The molecule has 0 aliphatic heterocycles. The van der Waals surface area contributed by atoms with E-state index in [4.69, 9.17) is 0 Å². The van der Waals surface area contributed by atoms with Gasteiger partial charge >= 0.3 is 6.18 Å². The first kappa shape index (κ1) is 15.3. The summed E-state index contributed by atoms with van der Waals surface area (Å²) < 4.78 is 37.0. The Labute approximate surface area is 124 Å². The summed E-state index contributed by atoms with van der Waals surface area (Å²) in [6.45, 7) is 2.00. The van der Waals surface area contributed by atoms with Gasteiger partial charge in [0.15, 0.2) is 0 Å². The number of halogens is 3. The summed E-state index contributed by atoms with van der Waals surface area (Å²) in [4.78, 5) is 1.77. The quantitative estimate of drug-likeness (QED) is 0.723. The van der Waals surface area contributed by atoms with Gasteiger partial charge in [-0.1, -0.05) is 18.2 Å². The second kappa shape index (κ2) is 6.54. The molecule has 0 fully saturated rings. The van der Waals surface area contributed by atoms with Crippen LogP contribution in [0.15, 0.2) is 46.7 Å². The van der Waals surface area contributed by atoms with Crippen LogP contribution in [0.1, 0.15) is 17.8 Å². The topological polar surface area (TPSA) is 12.0 Å². The van der Waals surface area contributed by atoms with E-state index in [0.717, 1.165) is 22.3 Å². The molecule has 0 saturated carbocycles. The molecule has 1 heterocycles. The van der Waals surface area contributed by atoms with Crippen LogP contribution in [0, 0.1) is 0 Å². The van der Waals surface area contributed by atoms with Crippen molar-refractivity contribution in [3.05, 3.63) is 46.7 Å². The number of rotatable bonds is 5. The number of thioether (sulfide) groups is 1. The lowest BCUT2D eigenvalue weighted by Gasteiger charge is -2.17. The average Bonchev–Trinajstić information content (AvgIpc) is 2.90. The van der Waals surface area contributed by atoms with Gasteiger partial charge in [-0.3, -0.25) is 0 Å². The van der Waals surface area contributed by atoms with E-state index >= 15 is 0 Å². The van der Waals surface area contributed by atoms with Crippen molar-refractivity contribution >= 4 is 28.8 Å². The predicted octanol–water partition coefficient (Wildman–Crippen LogP) is 5.58. The first-order chi connectivity index (χ1) is 9.46. The molecule has 1 aromatic heterocycles. The molecule has 1 atom stereocenters. The summed E-state index contributed by atoms with van der Waals surface area (Å²) in [5.41, 5.74) is 0.739.